The van der Waals surface area contributed by atoms with E-state index < -0.39 is 0 Å². The maximum absolute atomic E-state index is 5.45. The van der Waals surface area contributed by atoms with Gasteiger partial charge in [0.1, 0.15) is 0 Å². The Kier molecular flexibility index (Phi) is 4.06. The first-order chi connectivity index (χ1) is 7.81. The zero-order valence-corrected chi connectivity index (χ0v) is 10.5. The van der Waals surface area contributed by atoms with Gasteiger partial charge in [-0.15, -0.1) is 5.10 Å². The van der Waals surface area contributed by atoms with E-state index in [-0.39, 0.29) is 0 Å². The van der Waals surface area contributed by atoms with E-state index in [0.717, 1.165) is 5.25 Å². The molecule has 1 fully saturated rings. The van der Waals surface area contributed by atoms with Crippen molar-refractivity contribution < 1.29 is 4.42 Å². The lowest BCUT2D eigenvalue weighted by atomic mass is 10.3. The van der Waals surface area contributed by atoms with Gasteiger partial charge in [0.15, 0.2) is 0 Å². The summed E-state index contributed by atoms with van der Waals surface area (Å²) in [5.41, 5.74) is 0. The number of nitrogens with one attached hydrogen (secondary N) is 2. The lowest BCUT2D eigenvalue weighted by Gasteiger charge is -2.09. The smallest absolute Gasteiger partial charge is 0.315 e. The van der Waals surface area contributed by atoms with Crippen LogP contribution in [0.4, 0.5) is 6.01 Å². The molecule has 1 saturated carbocycles. The van der Waals surface area contributed by atoms with Crippen LogP contribution in [0.1, 0.15) is 25.2 Å². The predicted molar refractivity (Wildman–Crippen MR) is 65.6 cm³/mol. The van der Waals surface area contributed by atoms with Crippen molar-refractivity contribution in [1.29, 1.82) is 0 Å². The summed E-state index contributed by atoms with van der Waals surface area (Å²) >= 11 is 1.94. The number of anilines is 1. The molecular weight excluding hydrogens is 224 g/mol. The first-order valence-corrected chi connectivity index (χ1v) is 6.87. The number of rotatable bonds is 5. The second-order valence-electron chi connectivity index (χ2n) is 4.04. The molecule has 1 aromatic rings. The summed E-state index contributed by atoms with van der Waals surface area (Å²) in [6.07, 6.45) is 5.82. The van der Waals surface area contributed by atoms with Gasteiger partial charge >= 0.3 is 6.01 Å². The van der Waals surface area contributed by atoms with Gasteiger partial charge in [0.05, 0.1) is 6.54 Å². The zero-order valence-electron chi connectivity index (χ0n) is 9.69. The average molecular weight is 242 g/mol. The molecule has 16 heavy (non-hydrogen) atoms. The third kappa shape index (κ3) is 2.89. The largest absolute Gasteiger partial charge is 0.407 e. The van der Waals surface area contributed by atoms with Crippen LogP contribution >= 0.6 is 11.8 Å². The second kappa shape index (κ2) is 5.54. The van der Waals surface area contributed by atoms with Crippen LogP contribution in [0, 0.1) is 0 Å². The van der Waals surface area contributed by atoms with Crippen LogP contribution in [-0.2, 0) is 6.54 Å². The average Bonchev–Trinajstić information content (AvgIpc) is 2.89. The molecule has 2 atom stereocenters. The molecule has 90 valence electrons. The summed E-state index contributed by atoms with van der Waals surface area (Å²) < 4.78 is 5.45. The van der Waals surface area contributed by atoms with E-state index in [4.69, 9.17) is 4.42 Å². The predicted octanol–water partition coefficient (Wildman–Crippen LogP) is 1.48. The summed E-state index contributed by atoms with van der Waals surface area (Å²) in [5.74, 6) is 0.629. The Hall–Kier alpha value is -0.750. The molecule has 0 radical (unpaired) electrons. The minimum atomic E-state index is 0.486. The van der Waals surface area contributed by atoms with E-state index in [9.17, 15) is 0 Å². The Labute approximate surface area is 99.8 Å². The van der Waals surface area contributed by atoms with Gasteiger partial charge in [-0.05, 0) is 32.6 Å². The van der Waals surface area contributed by atoms with E-state index in [1.165, 1.54) is 19.3 Å². The fraction of sp³-hybridized carbons (Fsp3) is 0.800. The summed E-state index contributed by atoms with van der Waals surface area (Å²) in [6.45, 7) is 0.618. The number of hydrogen-bond acceptors (Lipinski definition) is 6. The molecule has 0 amide bonds. The maximum Gasteiger partial charge on any atom is 0.315 e. The van der Waals surface area contributed by atoms with Gasteiger partial charge in [-0.2, -0.15) is 11.8 Å². The van der Waals surface area contributed by atoms with E-state index in [1.807, 2.05) is 18.8 Å². The van der Waals surface area contributed by atoms with Crippen LogP contribution < -0.4 is 10.6 Å². The van der Waals surface area contributed by atoms with Crippen molar-refractivity contribution >= 4 is 17.8 Å². The number of thioether (sulfide) groups is 1. The fourth-order valence-corrected chi connectivity index (χ4v) is 2.79. The third-order valence-electron chi connectivity index (χ3n) is 2.84. The van der Waals surface area contributed by atoms with Gasteiger partial charge in [0, 0.05) is 11.3 Å². The maximum atomic E-state index is 5.45. The zero-order chi connectivity index (χ0) is 11.4. The van der Waals surface area contributed by atoms with E-state index in [2.05, 4.69) is 27.1 Å². The van der Waals surface area contributed by atoms with Crippen LogP contribution in [0.3, 0.4) is 0 Å². The molecule has 0 spiro atoms. The molecule has 1 heterocycles. The summed E-state index contributed by atoms with van der Waals surface area (Å²) in [5, 5.41) is 15.0. The molecule has 2 N–H and O–H groups in total. The fourth-order valence-electron chi connectivity index (χ4n) is 1.99. The minimum absolute atomic E-state index is 0.486. The first-order valence-electron chi connectivity index (χ1n) is 5.58. The highest BCUT2D eigenvalue weighted by Crippen LogP contribution is 2.29. The van der Waals surface area contributed by atoms with E-state index in [1.54, 1.807) is 0 Å². The highest BCUT2D eigenvalue weighted by Gasteiger charge is 2.24. The Morgan fingerprint density at radius 1 is 1.44 bits per heavy atom. The first kappa shape index (κ1) is 11.7. The van der Waals surface area contributed by atoms with E-state index in [0.29, 0.717) is 24.5 Å². The lowest BCUT2D eigenvalue weighted by Crippen LogP contribution is -2.16. The summed E-state index contributed by atoms with van der Waals surface area (Å²) in [4.78, 5) is 0. The van der Waals surface area contributed by atoms with Crippen molar-refractivity contribution in [3.63, 3.8) is 0 Å². The third-order valence-corrected chi connectivity index (χ3v) is 3.94. The number of nitrogens with zero attached hydrogens (tertiary/aromatic N) is 2. The quantitative estimate of drug-likeness (QED) is 0.815. The Morgan fingerprint density at radius 3 is 3.00 bits per heavy atom. The molecule has 2 rings (SSSR count). The van der Waals surface area contributed by atoms with Gasteiger partial charge < -0.3 is 15.1 Å². The molecule has 0 bridgehead atoms. The van der Waals surface area contributed by atoms with Gasteiger partial charge in [0.2, 0.25) is 5.89 Å². The van der Waals surface area contributed by atoms with E-state index >= 15 is 0 Å². The molecule has 5 nitrogen and oxygen atoms in total. The molecule has 0 aliphatic heterocycles. The normalized spacial score (nSPS) is 24.9. The molecule has 0 aromatic carbocycles. The molecule has 6 heteroatoms. The molecule has 2 unspecified atom stereocenters. The van der Waals surface area contributed by atoms with Crippen molar-refractivity contribution in [2.75, 3.05) is 18.6 Å². The van der Waals surface area contributed by atoms with Crippen molar-refractivity contribution in [3.05, 3.63) is 5.89 Å². The van der Waals surface area contributed by atoms with Crippen LogP contribution in [0.15, 0.2) is 4.42 Å². The van der Waals surface area contributed by atoms with Gasteiger partial charge in [-0.25, -0.2) is 0 Å². The number of hydrogen-bond donors (Lipinski definition) is 2. The second-order valence-corrected chi connectivity index (χ2v) is 5.18. The highest BCUT2D eigenvalue weighted by molar-refractivity contribution is 7.99. The van der Waals surface area contributed by atoms with Gasteiger partial charge in [-0.1, -0.05) is 5.10 Å². The van der Waals surface area contributed by atoms with Crippen molar-refractivity contribution in [3.8, 4) is 0 Å². The standard InChI is InChI=1S/C10H18N4OS/c1-11-6-9-13-14-10(15-9)12-7-3-4-8(5-7)16-2/h7-8,11H,3-6H2,1-2H3,(H,12,14). The topological polar surface area (TPSA) is 63.0 Å². The monoisotopic (exact) mass is 242 g/mol. The van der Waals surface area contributed by atoms with Gasteiger partial charge in [-0.3, -0.25) is 0 Å². The minimum Gasteiger partial charge on any atom is -0.407 e. The SMILES string of the molecule is CNCc1nnc(NC2CCC(SC)C2)o1. The summed E-state index contributed by atoms with van der Waals surface area (Å²) in [6, 6.07) is 1.04. The highest BCUT2D eigenvalue weighted by atomic mass is 32.2. The molecule has 1 aliphatic carbocycles. The lowest BCUT2D eigenvalue weighted by molar-refractivity contribution is 0.484. The summed E-state index contributed by atoms with van der Waals surface area (Å²) in [7, 11) is 1.86. The Bertz CT molecular complexity index is 330. The number of aromatic nitrogens is 2. The van der Waals surface area contributed by atoms with Crippen LogP contribution in [-0.4, -0.2) is 34.8 Å². The van der Waals surface area contributed by atoms with Crippen molar-refractivity contribution in [1.82, 2.24) is 15.5 Å². The van der Waals surface area contributed by atoms with Crippen molar-refractivity contribution in [2.24, 2.45) is 0 Å². The van der Waals surface area contributed by atoms with Crippen LogP contribution in [0.2, 0.25) is 0 Å². The van der Waals surface area contributed by atoms with Crippen molar-refractivity contribution in [2.45, 2.75) is 37.1 Å². The molecule has 0 saturated heterocycles. The molecule has 1 aromatic heterocycles. The van der Waals surface area contributed by atoms with Crippen LogP contribution in [0.5, 0.6) is 0 Å². The molecular formula is C10H18N4OS. The van der Waals surface area contributed by atoms with Gasteiger partial charge in [0.25, 0.3) is 0 Å². The Balaban J connectivity index is 1.84. The molecule has 1 aliphatic rings. The van der Waals surface area contributed by atoms with Crippen LogP contribution in [0.25, 0.3) is 0 Å². The Morgan fingerprint density at radius 2 is 2.31 bits per heavy atom.